The van der Waals surface area contributed by atoms with Gasteiger partial charge in [-0.25, -0.2) is 0 Å². The molecule has 0 aliphatic heterocycles. The second kappa shape index (κ2) is 10.3. The average molecular weight is 355 g/mol. The summed E-state index contributed by atoms with van der Waals surface area (Å²) in [5, 5.41) is 0. The maximum absolute atomic E-state index is 5.21. The second-order valence-corrected chi connectivity index (χ2v) is 6.29. The first-order valence-electron chi connectivity index (χ1n) is 7.84. The molecule has 130 valence electrons. The zero-order valence-corrected chi connectivity index (χ0v) is 15.6. The molecule has 3 nitrogen and oxygen atoms in total. The van der Waals surface area contributed by atoms with Gasteiger partial charge in [0.15, 0.2) is 9.79 Å². The number of hydrogen-bond acceptors (Lipinski definition) is 3. The zero-order chi connectivity index (χ0) is 17.9. The molecule has 0 saturated heterocycles. The lowest BCUT2D eigenvalue weighted by molar-refractivity contribution is 0.413. The first kappa shape index (κ1) is 18.7. The molecular weight excluding hydrogens is 332 g/mol. The molecule has 0 spiro atoms. The van der Waals surface area contributed by atoms with Gasteiger partial charge in [-0.1, -0.05) is 30.3 Å². The number of ether oxygens (including phenoxy) is 3. The average Bonchev–Trinajstić information content (AvgIpc) is 2.69. The highest BCUT2D eigenvalue weighted by atomic mass is 32.2. The van der Waals surface area contributed by atoms with Crippen LogP contribution in [0.4, 0.5) is 0 Å². The summed E-state index contributed by atoms with van der Waals surface area (Å²) >= 11 is 1.15. The van der Waals surface area contributed by atoms with Crippen LogP contribution < -0.4 is 14.2 Å². The van der Waals surface area contributed by atoms with Crippen LogP contribution in [-0.4, -0.2) is 21.3 Å². The molecule has 0 aromatic heterocycles. The zero-order valence-electron chi connectivity index (χ0n) is 14.7. The van der Waals surface area contributed by atoms with Crippen LogP contribution in [0.3, 0.4) is 0 Å². The van der Waals surface area contributed by atoms with E-state index in [1.54, 1.807) is 21.3 Å². The van der Waals surface area contributed by atoms with Crippen molar-refractivity contribution < 1.29 is 14.2 Å². The number of para-hydroxylation sites is 1. The van der Waals surface area contributed by atoms with Gasteiger partial charge in [0.2, 0.25) is 0 Å². The van der Waals surface area contributed by atoms with E-state index in [1.807, 2.05) is 66.7 Å². The van der Waals surface area contributed by atoms with Crippen molar-refractivity contribution in [3.05, 3.63) is 78.9 Å². The Kier molecular flexibility index (Phi) is 7.73. The second-order valence-electron chi connectivity index (χ2n) is 5.03. The van der Waals surface area contributed by atoms with Crippen LogP contribution in [0.15, 0.2) is 88.7 Å². The van der Waals surface area contributed by atoms with Crippen LogP contribution >= 0.6 is 0 Å². The van der Waals surface area contributed by atoms with E-state index in [9.17, 15) is 0 Å². The molecule has 0 radical (unpaired) electrons. The minimum absolute atomic E-state index is 0.887. The Morgan fingerprint density at radius 3 is 1.36 bits per heavy atom. The van der Waals surface area contributed by atoms with Crippen LogP contribution in [0.25, 0.3) is 0 Å². The molecule has 3 aromatic rings. The number of hydrogen-bond donors (Lipinski definition) is 0. The van der Waals surface area contributed by atoms with Crippen LogP contribution in [0.1, 0.15) is 0 Å². The predicted octanol–water partition coefficient (Wildman–Crippen LogP) is 4.63. The molecule has 0 atom stereocenters. The molecule has 0 aliphatic rings. The number of rotatable bonds is 5. The van der Waals surface area contributed by atoms with Crippen molar-refractivity contribution in [2.75, 3.05) is 21.3 Å². The Hall–Kier alpha value is -2.59. The fourth-order valence-corrected chi connectivity index (χ4v) is 3.07. The molecule has 0 aliphatic carbocycles. The van der Waals surface area contributed by atoms with Gasteiger partial charge in [-0.2, -0.15) is 0 Å². The van der Waals surface area contributed by atoms with Gasteiger partial charge in [0.25, 0.3) is 0 Å². The van der Waals surface area contributed by atoms with Crippen molar-refractivity contribution >= 4 is 11.8 Å². The van der Waals surface area contributed by atoms with Gasteiger partial charge in [0, 0.05) is 23.9 Å². The van der Waals surface area contributed by atoms with Gasteiger partial charge in [-0.3, -0.25) is 0 Å². The maximum atomic E-state index is 5.21. The van der Waals surface area contributed by atoms with Crippen molar-refractivity contribution in [3.8, 4) is 17.2 Å². The molecule has 0 heterocycles. The maximum Gasteiger partial charge on any atom is 0.161 e. The smallest absolute Gasteiger partial charge is 0.161 e. The molecular formula is C21H23O3S+. The van der Waals surface area contributed by atoms with E-state index >= 15 is 0 Å². The van der Waals surface area contributed by atoms with E-state index in [0.29, 0.717) is 0 Å². The first-order valence-corrected chi connectivity index (χ1v) is 8.73. The minimum Gasteiger partial charge on any atom is -0.497 e. The predicted molar refractivity (Wildman–Crippen MR) is 104 cm³/mol. The molecule has 0 amide bonds. The molecule has 4 heteroatoms. The summed E-state index contributed by atoms with van der Waals surface area (Å²) in [7, 11) is 5.03. The Bertz CT molecular complexity index is 714. The van der Waals surface area contributed by atoms with Crippen LogP contribution in [0, 0.1) is 0 Å². The summed E-state index contributed by atoms with van der Waals surface area (Å²) in [4.78, 5) is 2.41. The van der Waals surface area contributed by atoms with Crippen LogP contribution in [0.5, 0.6) is 17.2 Å². The minimum atomic E-state index is 0.887. The van der Waals surface area contributed by atoms with Crippen LogP contribution in [-0.2, 0) is 11.8 Å². The monoisotopic (exact) mass is 355 g/mol. The quantitative estimate of drug-likeness (QED) is 0.493. The summed E-state index contributed by atoms with van der Waals surface area (Å²) in [5.74, 6) is 2.68. The number of thiol groups is 1. The molecule has 25 heavy (non-hydrogen) atoms. The standard InChI is InChI=1S/C14H14O2S.C7H8O/c1-15-11-5-3-7-13(9-11)17-14-8-4-6-12(10-14)16-2;1-8-7-5-3-2-4-6-7/h3-10H,1-2H3;2-6H,1H3/p+1. The first-order chi connectivity index (χ1) is 12.2. The van der Waals surface area contributed by atoms with Crippen molar-refractivity contribution in [1.82, 2.24) is 0 Å². The number of methoxy groups -OCH3 is 3. The van der Waals surface area contributed by atoms with E-state index in [4.69, 9.17) is 14.2 Å². The Balaban J connectivity index is 0.000000236. The highest BCUT2D eigenvalue weighted by Gasteiger charge is 2.08. The fraction of sp³-hybridized carbons (Fsp3) is 0.143. The number of benzene rings is 3. The van der Waals surface area contributed by atoms with Gasteiger partial charge in [0.05, 0.1) is 21.3 Å². The molecule has 3 rings (SSSR count). The lowest BCUT2D eigenvalue weighted by Crippen LogP contribution is -1.89. The third-order valence-electron chi connectivity index (χ3n) is 3.34. The van der Waals surface area contributed by atoms with Gasteiger partial charge < -0.3 is 14.2 Å². The lowest BCUT2D eigenvalue weighted by Gasteiger charge is -2.00. The van der Waals surface area contributed by atoms with Crippen molar-refractivity contribution in [2.24, 2.45) is 0 Å². The van der Waals surface area contributed by atoms with E-state index < -0.39 is 0 Å². The van der Waals surface area contributed by atoms with Gasteiger partial charge >= 0.3 is 0 Å². The lowest BCUT2D eigenvalue weighted by atomic mass is 10.3. The molecule has 3 aromatic carbocycles. The van der Waals surface area contributed by atoms with Gasteiger partial charge in [-0.05, 0) is 36.4 Å². The Morgan fingerprint density at radius 2 is 0.960 bits per heavy atom. The largest absolute Gasteiger partial charge is 0.497 e. The van der Waals surface area contributed by atoms with Crippen molar-refractivity contribution in [2.45, 2.75) is 9.79 Å². The molecule has 0 unspecified atom stereocenters. The van der Waals surface area contributed by atoms with Gasteiger partial charge in [0.1, 0.15) is 17.2 Å². The van der Waals surface area contributed by atoms with E-state index in [0.717, 1.165) is 29.0 Å². The fourth-order valence-electron chi connectivity index (χ4n) is 2.07. The van der Waals surface area contributed by atoms with E-state index in [-0.39, 0.29) is 0 Å². The van der Waals surface area contributed by atoms with Crippen molar-refractivity contribution in [1.29, 1.82) is 0 Å². The molecule has 0 saturated carbocycles. The highest BCUT2D eigenvalue weighted by Crippen LogP contribution is 2.20. The van der Waals surface area contributed by atoms with Crippen LogP contribution in [0.2, 0.25) is 0 Å². The van der Waals surface area contributed by atoms with Gasteiger partial charge in [-0.15, -0.1) is 0 Å². The van der Waals surface area contributed by atoms with E-state index in [1.165, 1.54) is 9.79 Å². The third kappa shape index (κ3) is 6.43. The van der Waals surface area contributed by atoms with Crippen molar-refractivity contribution in [3.63, 3.8) is 0 Å². The Morgan fingerprint density at radius 1 is 0.520 bits per heavy atom. The third-order valence-corrected chi connectivity index (χ3v) is 4.42. The SMILES string of the molecule is COc1cccc([SH+]c2cccc(OC)c2)c1.COc1ccccc1. The summed E-state index contributed by atoms with van der Waals surface area (Å²) in [5.41, 5.74) is 0. The van der Waals surface area contributed by atoms with E-state index in [2.05, 4.69) is 12.1 Å². The summed E-state index contributed by atoms with van der Waals surface area (Å²) < 4.78 is 15.3. The highest BCUT2D eigenvalue weighted by molar-refractivity contribution is 7.78. The topological polar surface area (TPSA) is 27.7 Å². The molecule has 0 bridgehead atoms. The summed E-state index contributed by atoms with van der Waals surface area (Å²) in [6, 6.07) is 25.8. The molecule has 0 N–H and O–H groups in total. The Labute approximate surface area is 153 Å². The molecule has 0 fully saturated rings. The summed E-state index contributed by atoms with van der Waals surface area (Å²) in [6.07, 6.45) is 0. The summed E-state index contributed by atoms with van der Waals surface area (Å²) in [6.45, 7) is 0. The normalized spacial score (nSPS) is 9.56.